The number of H-pyrrole nitrogens is 1. The first kappa shape index (κ1) is 18.1. The Hall–Kier alpha value is -3.68. The molecule has 2 aromatic carbocycles. The Labute approximate surface area is 154 Å². The van der Waals surface area contributed by atoms with Crippen LogP contribution in [-0.2, 0) is 16.1 Å². The molecule has 1 amide bonds. The monoisotopic (exact) mass is 367 g/mol. The fourth-order valence-electron chi connectivity index (χ4n) is 2.50. The average molecular weight is 367 g/mol. The lowest BCUT2D eigenvalue weighted by molar-refractivity contribution is -0.124. The zero-order valence-electron chi connectivity index (χ0n) is 14.5. The molecule has 0 fully saturated rings. The van der Waals surface area contributed by atoms with Crippen LogP contribution in [0.4, 0.5) is 0 Å². The highest BCUT2D eigenvalue weighted by molar-refractivity contribution is 6.02. The van der Waals surface area contributed by atoms with E-state index in [0.717, 1.165) is 5.56 Å². The van der Waals surface area contributed by atoms with Crippen LogP contribution >= 0.6 is 0 Å². The minimum absolute atomic E-state index is 0.0502. The fourth-order valence-corrected chi connectivity index (χ4v) is 2.50. The molecule has 0 aliphatic heterocycles. The van der Waals surface area contributed by atoms with E-state index in [-0.39, 0.29) is 12.2 Å². The first-order valence-electron chi connectivity index (χ1n) is 8.12. The maximum Gasteiger partial charge on any atom is 0.359 e. The molecule has 138 valence electrons. The molecular weight excluding hydrogens is 350 g/mol. The predicted octanol–water partition coefficient (Wildman–Crippen LogP) is 1.40. The number of fused-ring (bicyclic) bond motifs is 1. The van der Waals surface area contributed by atoms with Gasteiger partial charge in [0.05, 0.1) is 12.5 Å². The number of aromatic nitrogens is 2. The third-order valence-electron chi connectivity index (χ3n) is 3.85. The van der Waals surface area contributed by atoms with Gasteiger partial charge in [-0.1, -0.05) is 30.3 Å². The van der Waals surface area contributed by atoms with Gasteiger partial charge in [0.25, 0.3) is 11.5 Å². The van der Waals surface area contributed by atoms with Gasteiger partial charge < -0.3 is 14.8 Å². The van der Waals surface area contributed by atoms with E-state index < -0.39 is 24.0 Å². The second-order valence-corrected chi connectivity index (χ2v) is 5.65. The van der Waals surface area contributed by atoms with E-state index in [9.17, 15) is 14.4 Å². The van der Waals surface area contributed by atoms with Gasteiger partial charge in [-0.15, -0.1) is 0 Å². The molecule has 27 heavy (non-hydrogen) atoms. The van der Waals surface area contributed by atoms with Crippen molar-refractivity contribution < 1.29 is 19.1 Å². The second kappa shape index (κ2) is 8.13. The van der Waals surface area contributed by atoms with Gasteiger partial charge in [0, 0.05) is 11.9 Å². The highest BCUT2D eigenvalue weighted by atomic mass is 16.5. The SMILES string of the molecule is COc1cccc(CNC(=O)COC(=O)c2n[nH]c(=O)c3ccccc23)c1. The van der Waals surface area contributed by atoms with Crippen molar-refractivity contribution in [1.29, 1.82) is 0 Å². The van der Waals surface area contributed by atoms with Crippen molar-refractivity contribution in [1.82, 2.24) is 15.5 Å². The van der Waals surface area contributed by atoms with Gasteiger partial charge in [0.2, 0.25) is 0 Å². The molecule has 0 aliphatic rings. The number of carbonyl (C=O) groups is 2. The van der Waals surface area contributed by atoms with E-state index in [4.69, 9.17) is 9.47 Å². The molecule has 0 radical (unpaired) electrons. The highest BCUT2D eigenvalue weighted by Gasteiger charge is 2.16. The molecule has 2 N–H and O–H groups in total. The van der Waals surface area contributed by atoms with Crippen LogP contribution in [0.1, 0.15) is 16.1 Å². The molecule has 0 saturated heterocycles. The van der Waals surface area contributed by atoms with Crippen molar-refractivity contribution in [2.45, 2.75) is 6.54 Å². The number of methoxy groups -OCH3 is 1. The van der Waals surface area contributed by atoms with Crippen LogP contribution in [0.3, 0.4) is 0 Å². The zero-order valence-corrected chi connectivity index (χ0v) is 14.5. The minimum atomic E-state index is -0.793. The van der Waals surface area contributed by atoms with Gasteiger partial charge in [-0.25, -0.2) is 9.89 Å². The predicted molar refractivity (Wildman–Crippen MR) is 97.5 cm³/mol. The number of benzene rings is 2. The van der Waals surface area contributed by atoms with Crippen LogP contribution in [-0.4, -0.2) is 35.8 Å². The maximum absolute atomic E-state index is 12.2. The summed E-state index contributed by atoms with van der Waals surface area (Å²) < 4.78 is 10.1. The summed E-state index contributed by atoms with van der Waals surface area (Å²) >= 11 is 0. The Bertz CT molecular complexity index is 1040. The Morgan fingerprint density at radius 3 is 2.67 bits per heavy atom. The Morgan fingerprint density at radius 1 is 1.11 bits per heavy atom. The Morgan fingerprint density at radius 2 is 1.89 bits per heavy atom. The van der Waals surface area contributed by atoms with Crippen LogP contribution in [0.5, 0.6) is 5.75 Å². The zero-order chi connectivity index (χ0) is 19.2. The second-order valence-electron chi connectivity index (χ2n) is 5.65. The van der Waals surface area contributed by atoms with Crippen molar-refractivity contribution in [3.8, 4) is 5.75 Å². The number of hydrogen-bond donors (Lipinski definition) is 2. The number of carbonyl (C=O) groups excluding carboxylic acids is 2. The van der Waals surface area contributed by atoms with Crippen LogP contribution in [0, 0.1) is 0 Å². The van der Waals surface area contributed by atoms with E-state index in [1.807, 2.05) is 12.1 Å². The number of rotatable bonds is 6. The first-order valence-corrected chi connectivity index (χ1v) is 8.12. The quantitative estimate of drug-likeness (QED) is 0.637. The molecule has 0 spiro atoms. The molecule has 8 nitrogen and oxygen atoms in total. The number of esters is 1. The first-order chi connectivity index (χ1) is 13.1. The largest absolute Gasteiger partial charge is 0.497 e. The summed E-state index contributed by atoms with van der Waals surface area (Å²) in [5, 5.41) is 9.33. The third kappa shape index (κ3) is 4.30. The fraction of sp³-hybridized carbons (Fsp3) is 0.158. The molecule has 3 rings (SSSR count). The number of aromatic amines is 1. The van der Waals surface area contributed by atoms with Crippen LogP contribution in [0.15, 0.2) is 53.3 Å². The molecule has 1 heterocycles. The summed E-state index contributed by atoms with van der Waals surface area (Å²) in [6, 6.07) is 13.8. The van der Waals surface area contributed by atoms with Crippen molar-refractivity contribution in [3.63, 3.8) is 0 Å². The van der Waals surface area contributed by atoms with E-state index in [1.54, 1.807) is 43.5 Å². The number of nitrogens with one attached hydrogen (secondary N) is 2. The summed E-state index contributed by atoms with van der Waals surface area (Å²) in [6.07, 6.45) is 0. The average Bonchev–Trinajstić information content (AvgIpc) is 2.71. The van der Waals surface area contributed by atoms with E-state index in [2.05, 4.69) is 15.5 Å². The molecule has 1 aromatic heterocycles. The lowest BCUT2D eigenvalue weighted by Gasteiger charge is -2.08. The molecular formula is C19H17N3O5. The highest BCUT2D eigenvalue weighted by Crippen LogP contribution is 2.13. The standard InChI is InChI=1S/C19H17N3O5/c1-26-13-6-4-5-12(9-13)10-20-16(23)11-27-19(25)17-14-7-2-3-8-15(14)18(24)22-21-17/h2-9H,10-11H2,1H3,(H,20,23)(H,22,24). The summed E-state index contributed by atoms with van der Waals surface area (Å²) in [7, 11) is 1.56. The molecule has 0 aliphatic carbocycles. The van der Waals surface area contributed by atoms with Gasteiger partial charge in [-0.3, -0.25) is 9.59 Å². The molecule has 8 heteroatoms. The Kier molecular flexibility index (Phi) is 5.46. The number of amides is 1. The lowest BCUT2D eigenvalue weighted by atomic mass is 10.1. The molecule has 0 atom stereocenters. The van der Waals surface area contributed by atoms with Gasteiger partial charge in [0.1, 0.15) is 5.75 Å². The molecule has 3 aromatic rings. The minimum Gasteiger partial charge on any atom is -0.497 e. The summed E-state index contributed by atoms with van der Waals surface area (Å²) in [5.41, 5.74) is 0.395. The Balaban J connectivity index is 1.60. The lowest BCUT2D eigenvalue weighted by Crippen LogP contribution is -2.28. The van der Waals surface area contributed by atoms with Crippen molar-refractivity contribution >= 4 is 22.6 Å². The van der Waals surface area contributed by atoms with E-state index in [0.29, 0.717) is 16.5 Å². The van der Waals surface area contributed by atoms with Crippen LogP contribution in [0.2, 0.25) is 0 Å². The summed E-state index contributed by atoms with van der Waals surface area (Å²) in [6.45, 7) is -0.189. The van der Waals surface area contributed by atoms with Gasteiger partial charge >= 0.3 is 5.97 Å². The smallest absolute Gasteiger partial charge is 0.359 e. The topological polar surface area (TPSA) is 110 Å². The molecule has 0 saturated carbocycles. The van der Waals surface area contributed by atoms with Crippen molar-refractivity contribution in [2.75, 3.05) is 13.7 Å². The molecule has 0 unspecified atom stereocenters. The van der Waals surface area contributed by atoms with Crippen LogP contribution in [0.25, 0.3) is 10.8 Å². The molecule has 0 bridgehead atoms. The third-order valence-corrected chi connectivity index (χ3v) is 3.85. The number of ether oxygens (including phenoxy) is 2. The van der Waals surface area contributed by atoms with Crippen LogP contribution < -0.4 is 15.6 Å². The maximum atomic E-state index is 12.2. The van der Waals surface area contributed by atoms with Crippen molar-refractivity contribution in [2.24, 2.45) is 0 Å². The normalized spacial score (nSPS) is 10.4. The van der Waals surface area contributed by atoms with Crippen molar-refractivity contribution in [3.05, 3.63) is 70.1 Å². The van der Waals surface area contributed by atoms with Gasteiger partial charge in [0.15, 0.2) is 12.3 Å². The number of hydrogen-bond acceptors (Lipinski definition) is 6. The van der Waals surface area contributed by atoms with E-state index >= 15 is 0 Å². The summed E-state index contributed by atoms with van der Waals surface area (Å²) in [5.74, 6) is -0.567. The van der Waals surface area contributed by atoms with Gasteiger partial charge in [-0.05, 0) is 23.8 Å². The van der Waals surface area contributed by atoms with E-state index in [1.165, 1.54) is 0 Å². The van der Waals surface area contributed by atoms with Gasteiger partial charge in [-0.2, -0.15) is 5.10 Å². The summed E-state index contributed by atoms with van der Waals surface area (Å²) in [4.78, 5) is 35.9. The number of nitrogens with zero attached hydrogens (tertiary/aromatic N) is 1.